The summed E-state index contributed by atoms with van der Waals surface area (Å²) in [5.41, 5.74) is 1.99. The maximum Gasteiger partial charge on any atom is 0.307 e. The first kappa shape index (κ1) is 18.6. The first-order chi connectivity index (χ1) is 13.9. The second kappa shape index (κ2) is 7.37. The molecule has 2 bridgehead atoms. The highest BCUT2D eigenvalue weighted by Crippen LogP contribution is 2.33. The highest BCUT2D eigenvalue weighted by Gasteiger charge is 2.43. The van der Waals surface area contributed by atoms with E-state index >= 15 is 0 Å². The molecule has 29 heavy (non-hydrogen) atoms. The number of nitrogens with zero attached hydrogens (tertiary/aromatic N) is 5. The van der Waals surface area contributed by atoms with Crippen LogP contribution in [0.25, 0.3) is 0 Å². The molecule has 2 saturated heterocycles. The van der Waals surface area contributed by atoms with Crippen LogP contribution in [0, 0.1) is 20.2 Å². The second-order valence-electron chi connectivity index (χ2n) is 6.37. The number of hydrazone groups is 1. The number of hydrogen-bond donors (Lipinski definition) is 1. The molecule has 1 aromatic heterocycles. The van der Waals surface area contributed by atoms with E-state index in [0.717, 1.165) is 6.20 Å². The monoisotopic (exact) mass is 402 g/mol. The van der Waals surface area contributed by atoms with Gasteiger partial charge in [-0.3, -0.25) is 29.7 Å². The molecule has 3 atom stereocenters. The van der Waals surface area contributed by atoms with Gasteiger partial charge < -0.3 is 9.47 Å². The van der Waals surface area contributed by atoms with E-state index in [1.807, 2.05) is 0 Å². The molecule has 13 heteroatoms. The minimum atomic E-state index is -0.771. The minimum Gasteiger partial charge on any atom is -0.344 e. The molecule has 0 spiro atoms. The quantitative estimate of drug-likeness (QED) is 0.575. The lowest BCUT2D eigenvalue weighted by Gasteiger charge is -2.28. The lowest BCUT2D eigenvalue weighted by molar-refractivity contribution is -0.385. The van der Waals surface area contributed by atoms with Gasteiger partial charge in [0.15, 0.2) is 6.29 Å². The average Bonchev–Trinajstić information content (AvgIpc) is 3.36. The molecule has 150 valence electrons. The lowest BCUT2D eigenvalue weighted by atomic mass is 10.0. The summed E-state index contributed by atoms with van der Waals surface area (Å²) in [6.45, 7) is 0.236. The molecule has 0 saturated carbocycles. The third-order valence-electron chi connectivity index (χ3n) is 4.61. The van der Waals surface area contributed by atoms with Crippen molar-refractivity contribution in [3.05, 3.63) is 62.5 Å². The van der Waals surface area contributed by atoms with E-state index in [-0.39, 0.29) is 36.1 Å². The minimum absolute atomic E-state index is 0.136. The fourth-order valence-electron chi connectivity index (χ4n) is 3.21. The van der Waals surface area contributed by atoms with Crippen LogP contribution < -0.4 is 5.43 Å². The van der Waals surface area contributed by atoms with Gasteiger partial charge in [-0.15, -0.1) is 0 Å². The van der Waals surface area contributed by atoms with Crippen molar-refractivity contribution in [2.45, 2.75) is 24.9 Å². The molecule has 13 nitrogen and oxygen atoms in total. The van der Waals surface area contributed by atoms with Gasteiger partial charge in [0.2, 0.25) is 0 Å². The summed E-state index contributed by atoms with van der Waals surface area (Å²) in [7, 11) is 0. The van der Waals surface area contributed by atoms with Gasteiger partial charge in [0.1, 0.15) is 24.1 Å². The zero-order chi connectivity index (χ0) is 20.5. The van der Waals surface area contributed by atoms with Crippen LogP contribution in [-0.4, -0.2) is 50.2 Å². The summed E-state index contributed by atoms with van der Waals surface area (Å²) >= 11 is 0. The Bertz CT molecular complexity index is 1020. The van der Waals surface area contributed by atoms with Crippen LogP contribution >= 0.6 is 0 Å². The predicted molar refractivity (Wildman–Crippen MR) is 95.1 cm³/mol. The Kier molecular flexibility index (Phi) is 4.74. The first-order valence-electron chi connectivity index (χ1n) is 8.50. The van der Waals surface area contributed by atoms with E-state index in [9.17, 15) is 25.0 Å². The fraction of sp³-hybridized carbons (Fsp3) is 0.312. The van der Waals surface area contributed by atoms with Crippen molar-refractivity contribution in [3.63, 3.8) is 0 Å². The molecule has 4 rings (SSSR count). The van der Waals surface area contributed by atoms with Gasteiger partial charge in [-0.05, 0) is 6.07 Å². The highest BCUT2D eigenvalue weighted by atomic mass is 16.7. The normalized spacial score (nSPS) is 24.4. The zero-order valence-electron chi connectivity index (χ0n) is 14.7. The number of ether oxygens (including phenoxy) is 2. The van der Waals surface area contributed by atoms with Crippen molar-refractivity contribution < 1.29 is 24.1 Å². The summed E-state index contributed by atoms with van der Waals surface area (Å²) in [4.78, 5) is 33.1. The van der Waals surface area contributed by atoms with Crippen LogP contribution in [-0.2, 0) is 9.47 Å². The standard InChI is InChI=1S/C16H14N6O7/c23-15(10-3-1-2-4-12(10)22(26)27)19-18-11-5-13(14-8-28-16(11)29-14)20-7-9(6-17-20)21(24)25/h1-4,6-7,13-14,16H,5,8H2,(H,19,23)/b18-11+/t13-,14+,16+/m0/s1. The van der Waals surface area contributed by atoms with Crippen molar-refractivity contribution in [3.8, 4) is 0 Å². The third-order valence-corrected chi connectivity index (χ3v) is 4.61. The van der Waals surface area contributed by atoms with E-state index in [1.54, 1.807) is 0 Å². The number of fused-ring (bicyclic) bond motifs is 2. The zero-order valence-corrected chi connectivity index (χ0v) is 14.7. The first-order valence-corrected chi connectivity index (χ1v) is 8.50. The SMILES string of the molecule is O=C(N/N=C1\C[C@H](n2cc([N+](=O)[O-])cn2)[C@H]2CO[C@@H]1O2)c1ccccc1[N+](=O)[O-]. The highest BCUT2D eigenvalue weighted by molar-refractivity contribution is 5.99. The molecule has 1 N–H and O–H groups in total. The summed E-state index contributed by atoms with van der Waals surface area (Å²) in [6, 6.07) is 5.08. The average molecular weight is 402 g/mol. The van der Waals surface area contributed by atoms with Gasteiger partial charge in [0.25, 0.3) is 11.6 Å². The number of amides is 1. The molecule has 2 fully saturated rings. The van der Waals surface area contributed by atoms with Gasteiger partial charge in [0.05, 0.1) is 28.2 Å². The number of para-hydroxylation sites is 1. The number of nitrogens with one attached hydrogen (secondary N) is 1. The molecule has 3 heterocycles. The van der Waals surface area contributed by atoms with Crippen molar-refractivity contribution >= 4 is 23.0 Å². The Morgan fingerprint density at radius 2 is 2.07 bits per heavy atom. The molecule has 0 unspecified atom stereocenters. The van der Waals surface area contributed by atoms with Gasteiger partial charge in [0, 0.05) is 12.5 Å². The van der Waals surface area contributed by atoms with Crippen LogP contribution in [0.2, 0.25) is 0 Å². The fourth-order valence-corrected chi connectivity index (χ4v) is 3.21. The number of nitro benzene ring substituents is 1. The molecule has 2 aliphatic heterocycles. The van der Waals surface area contributed by atoms with E-state index in [2.05, 4.69) is 15.6 Å². The van der Waals surface area contributed by atoms with Crippen molar-refractivity contribution in [2.75, 3.05) is 6.61 Å². The van der Waals surface area contributed by atoms with E-state index in [4.69, 9.17) is 9.47 Å². The van der Waals surface area contributed by atoms with Crippen LogP contribution in [0.1, 0.15) is 22.8 Å². The Balaban J connectivity index is 1.53. The van der Waals surface area contributed by atoms with E-state index in [1.165, 1.54) is 35.1 Å². The number of nitro groups is 2. The Morgan fingerprint density at radius 3 is 2.79 bits per heavy atom. The third kappa shape index (κ3) is 3.55. The molecule has 1 amide bonds. The molecule has 2 aliphatic rings. The molecular weight excluding hydrogens is 388 g/mol. The number of carbonyl (C=O) groups is 1. The van der Waals surface area contributed by atoms with Gasteiger partial charge >= 0.3 is 5.69 Å². The Labute approximate surface area is 162 Å². The van der Waals surface area contributed by atoms with Crippen molar-refractivity contribution in [1.82, 2.24) is 15.2 Å². The Morgan fingerprint density at radius 1 is 1.28 bits per heavy atom. The van der Waals surface area contributed by atoms with Crippen LogP contribution in [0.5, 0.6) is 0 Å². The summed E-state index contributed by atoms with van der Waals surface area (Å²) < 4.78 is 12.6. The molecular formula is C16H14N6O7. The van der Waals surface area contributed by atoms with Gasteiger partial charge in [-0.1, -0.05) is 12.1 Å². The predicted octanol–water partition coefficient (Wildman–Crippen LogP) is 1.17. The molecule has 2 aromatic rings. The van der Waals surface area contributed by atoms with Crippen LogP contribution in [0.4, 0.5) is 11.4 Å². The molecule has 1 aromatic carbocycles. The summed E-state index contributed by atoms with van der Waals surface area (Å²) in [6.07, 6.45) is 1.55. The maximum atomic E-state index is 12.4. The van der Waals surface area contributed by atoms with Crippen molar-refractivity contribution in [1.29, 1.82) is 0 Å². The van der Waals surface area contributed by atoms with Gasteiger partial charge in [-0.2, -0.15) is 10.2 Å². The number of hydrogen-bond acceptors (Lipinski definition) is 9. The Hall–Kier alpha value is -3.71. The van der Waals surface area contributed by atoms with Crippen molar-refractivity contribution in [2.24, 2.45) is 5.10 Å². The maximum absolute atomic E-state index is 12.4. The molecule has 0 radical (unpaired) electrons. The topological polar surface area (TPSA) is 164 Å². The summed E-state index contributed by atoms with van der Waals surface area (Å²) in [5, 5.41) is 30.0. The lowest BCUT2D eigenvalue weighted by Crippen LogP contribution is -2.38. The number of aromatic nitrogens is 2. The molecule has 0 aliphatic carbocycles. The van der Waals surface area contributed by atoms with Gasteiger partial charge in [-0.25, -0.2) is 5.43 Å². The van der Waals surface area contributed by atoms with E-state index in [0.29, 0.717) is 5.71 Å². The van der Waals surface area contributed by atoms with Crippen LogP contribution in [0.15, 0.2) is 41.8 Å². The largest absolute Gasteiger partial charge is 0.344 e. The second-order valence-corrected chi connectivity index (χ2v) is 6.37. The number of carbonyl (C=O) groups excluding carboxylic acids is 1. The smallest absolute Gasteiger partial charge is 0.307 e. The van der Waals surface area contributed by atoms with E-state index < -0.39 is 28.1 Å². The van der Waals surface area contributed by atoms with Crippen LogP contribution in [0.3, 0.4) is 0 Å². The number of rotatable bonds is 5. The summed E-state index contributed by atoms with van der Waals surface area (Å²) in [5.74, 6) is -0.754. The number of benzene rings is 1.